The molecule has 8 heteroatoms. The van der Waals surface area contributed by atoms with Crippen molar-refractivity contribution in [1.82, 2.24) is 4.98 Å². The van der Waals surface area contributed by atoms with Crippen LogP contribution in [0.1, 0.15) is 23.4 Å². The molecular formula is C9H8F5NO2. The molecule has 0 aromatic carbocycles. The minimum atomic E-state index is -4.86. The molecule has 3 nitrogen and oxygen atoms in total. The van der Waals surface area contributed by atoms with Crippen molar-refractivity contribution in [1.29, 1.82) is 0 Å². The molecule has 0 amide bonds. The Morgan fingerprint density at radius 2 is 2.00 bits per heavy atom. The Morgan fingerprint density at radius 3 is 2.35 bits per heavy atom. The van der Waals surface area contributed by atoms with E-state index in [1.54, 1.807) is 0 Å². The SMILES string of the molecule is COc1c(C(F)(F)F)cc(C(F)F)nc1CO. The lowest BCUT2D eigenvalue weighted by Crippen LogP contribution is -2.12. The fourth-order valence-corrected chi connectivity index (χ4v) is 1.27. The lowest BCUT2D eigenvalue weighted by Gasteiger charge is -2.15. The van der Waals surface area contributed by atoms with Crippen molar-refractivity contribution in [3.05, 3.63) is 23.0 Å². The van der Waals surface area contributed by atoms with Crippen LogP contribution < -0.4 is 4.74 Å². The van der Waals surface area contributed by atoms with E-state index in [-0.39, 0.29) is 6.07 Å². The minimum absolute atomic E-state index is 0.211. The Labute approximate surface area is 92.8 Å². The average molecular weight is 257 g/mol. The van der Waals surface area contributed by atoms with Crippen LogP contribution >= 0.6 is 0 Å². The Morgan fingerprint density at radius 1 is 1.41 bits per heavy atom. The van der Waals surface area contributed by atoms with Crippen LogP contribution in [0.4, 0.5) is 22.0 Å². The van der Waals surface area contributed by atoms with Gasteiger partial charge >= 0.3 is 6.18 Å². The van der Waals surface area contributed by atoms with Crippen molar-refractivity contribution in [2.45, 2.75) is 19.2 Å². The van der Waals surface area contributed by atoms with E-state index in [0.29, 0.717) is 0 Å². The summed E-state index contributed by atoms with van der Waals surface area (Å²) in [5, 5.41) is 8.79. The van der Waals surface area contributed by atoms with Gasteiger partial charge in [-0.2, -0.15) is 13.2 Å². The summed E-state index contributed by atoms with van der Waals surface area (Å²) in [7, 11) is 0.938. The standard InChI is InChI=1S/C9H8F5NO2/c1-17-7-4(9(12,13)14)2-5(8(10)11)15-6(7)3-16/h2,8,16H,3H2,1H3. The van der Waals surface area contributed by atoms with Gasteiger partial charge in [-0.05, 0) is 6.07 Å². The monoisotopic (exact) mass is 257 g/mol. The van der Waals surface area contributed by atoms with Gasteiger partial charge < -0.3 is 9.84 Å². The number of methoxy groups -OCH3 is 1. The molecule has 1 heterocycles. The second kappa shape index (κ2) is 4.82. The average Bonchev–Trinajstić information content (AvgIpc) is 2.25. The van der Waals surface area contributed by atoms with Crippen LogP contribution in [0.15, 0.2) is 6.07 Å². The molecule has 0 fully saturated rings. The van der Waals surface area contributed by atoms with E-state index in [4.69, 9.17) is 5.11 Å². The maximum absolute atomic E-state index is 12.6. The Hall–Kier alpha value is -1.44. The maximum Gasteiger partial charge on any atom is 0.420 e. The number of aromatic nitrogens is 1. The lowest BCUT2D eigenvalue weighted by molar-refractivity contribution is -0.139. The zero-order valence-corrected chi connectivity index (χ0v) is 8.55. The van der Waals surface area contributed by atoms with Crippen LogP contribution in [0.2, 0.25) is 0 Å². The van der Waals surface area contributed by atoms with E-state index in [1.165, 1.54) is 0 Å². The number of pyridine rings is 1. The first-order valence-corrected chi connectivity index (χ1v) is 4.35. The molecule has 0 aliphatic carbocycles. The zero-order chi connectivity index (χ0) is 13.2. The van der Waals surface area contributed by atoms with E-state index in [1.807, 2.05) is 0 Å². The van der Waals surface area contributed by atoms with Crippen LogP contribution in [0.3, 0.4) is 0 Å². The third-order valence-electron chi connectivity index (χ3n) is 1.95. The normalized spacial score (nSPS) is 12.0. The molecule has 96 valence electrons. The van der Waals surface area contributed by atoms with Gasteiger partial charge in [0.05, 0.1) is 13.7 Å². The highest BCUT2D eigenvalue weighted by molar-refractivity contribution is 5.41. The van der Waals surface area contributed by atoms with Crippen LogP contribution in [0.5, 0.6) is 5.75 Å². The van der Waals surface area contributed by atoms with Crippen molar-refractivity contribution in [3.8, 4) is 5.75 Å². The number of hydrogen-bond donors (Lipinski definition) is 1. The van der Waals surface area contributed by atoms with E-state index in [0.717, 1.165) is 7.11 Å². The smallest absolute Gasteiger partial charge is 0.420 e. The largest absolute Gasteiger partial charge is 0.494 e. The van der Waals surface area contributed by atoms with E-state index in [2.05, 4.69) is 9.72 Å². The highest BCUT2D eigenvalue weighted by Crippen LogP contribution is 2.39. The minimum Gasteiger partial charge on any atom is -0.494 e. The van der Waals surface area contributed by atoms with Gasteiger partial charge in [-0.1, -0.05) is 0 Å². The molecule has 0 bridgehead atoms. The molecule has 0 atom stereocenters. The summed E-state index contributed by atoms with van der Waals surface area (Å²) in [6, 6.07) is 0.211. The summed E-state index contributed by atoms with van der Waals surface area (Å²) in [5.41, 5.74) is -3.01. The Bertz CT molecular complexity index is 405. The number of halogens is 5. The molecule has 17 heavy (non-hydrogen) atoms. The van der Waals surface area contributed by atoms with Gasteiger partial charge in [0.1, 0.15) is 17.0 Å². The van der Waals surface area contributed by atoms with Crippen molar-refractivity contribution in [2.75, 3.05) is 7.11 Å². The predicted molar refractivity (Wildman–Crippen MR) is 46.7 cm³/mol. The number of aliphatic hydroxyl groups is 1. The number of ether oxygens (including phenoxy) is 1. The molecule has 1 aromatic rings. The Balaban J connectivity index is 3.48. The van der Waals surface area contributed by atoms with Gasteiger partial charge in [-0.3, -0.25) is 0 Å². The second-order valence-corrected chi connectivity index (χ2v) is 3.03. The summed E-state index contributed by atoms with van der Waals surface area (Å²) in [4.78, 5) is 3.21. The van der Waals surface area contributed by atoms with Crippen molar-refractivity contribution in [3.63, 3.8) is 0 Å². The molecule has 0 saturated heterocycles. The first-order chi connectivity index (χ1) is 7.81. The van der Waals surface area contributed by atoms with Crippen LogP contribution in [-0.2, 0) is 12.8 Å². The predicted octanol–water partition coefficient (Wildman–Crippen LogP) is 2.54. The van der Waals surface area contributed by atoms with E-state index < -0.39 is 41.9 Å². The van der Waals surface area contributed by atoms with Crippen LogP contribution in [-0.4, -0.2) is 17.2 Å². The highest BCUT2D eigenvalue weighted by Gasteiger charge is 2.37. The number of rotatable bonds is 3. The van der Waals surface area contributed by atoms with Crippen LogP contribution in [0.25, 0.3) is 0 Å². The van der Waals surface area contributed by atoms with Gasteiger partial charge in [-0.15, -0.1) is 0 Å². The van der Waals surface area contributed by atoms with Crippen molar-refractivity contribution >= 4 is 0 Å². The third kappa shape index (κ3) is 2.82. The highest BCUT2D eigenvalue weighted by atomic mass is 19.4. The fourth-order valence-electron chi connectivity index (χ4n) is 1.27. The van der Waals surface area contributed by atoms with Gasteiger partial charge in [-0.25, -0.2) is 13.8 Å². The number of nitrogens with zero attached hydrogens (tertiary/aromatic N) is 1. The fraction of sp³-hybridized carbons (Fsp3) is 0.444. The topological polar surface area (TPSA) is 42.4 Å². The molecule has 1 aromatic heterocycles. The number of alkyl halides is 5. The molecular weight excluding hydrogens is 249 g/mol. The first kappa shape index (κ1) is 13.6. The number of aliphatic hydroxyl groups excluding tert-OH is 1. The molecule has 1 N–H and O–H groups in total. The van der Waals surface area contributed by atoms with Gasteiger partial charge in [0.2, 0.25) is 0 Å². The summed E-state index contributed by atoms with van der Waals surface area (Å²) >= 11 is 0. The Kier molecular flexibility index (Phi) is 3.87. The van der Waals surface area contributed by atoms with Gasteiger partial charge in [0.25, 0.3) is 6.43 Å². The van der Waals surface area contributed by atoms with Crippen molar-refractivity contribution in [2.24, 2.45) is 0 Å². The summed E-state index contributed by atoms with van der Waals surface area (Å²) in [6.07, 6.45) is -8.02. The lowest BCUT2D eigenvalue weighted by atomic mass is 10.1. The third-order valence-corrected chi connectivity index (χ3v) is 1.95. The van der Waals surface area contributed by atoms with E-state index >= 15 is 0 Å². The molecule has 0 radical (unpaired) electrons. The molecule has 0 saturated carbocycles. The zero-order valence-electron chi connectivity index (χ0n) is 8.55. The maximum atomic E-state index is 12.6. The summed E-state index contributed by atoms with van der Waals surface area (Å²) in [5.74, 6) is -0.746. The quantitative estimate of drug-likeness (QED) is 0.846. The van der Waals surface area contributed by atoms with E-state index in [9.17, 15) is 22.0 Å². The number of hydrogen-bond acceptors (Lipinski definition) is 3. The molecule has 1 rings (SSSR count). The van der Waals surface area contributed by atoms with Crippen LogP contribution in [0, 0.1) is 0 Å². The summed E-state index contributed by atoms with van der Waals surface area (Å²) in [6.45, 7) is -0.924. The molecule has 0 unspecified atom stereocenters. The van der Waals surface area contributed by atoms with Gasteiger partial charge in [0, 0.05) is 0 Å². The first-order valence-electron chi connectivity index (χ1n) is 4.35. The molecule has 0 aliphatic heterocycles. The summed E-state index contributed by atoms with van der Waals surface area (Å²) < 4.78 is 66.8. The molecule has 0 aliphatic rings. The van der Waals surface area contributed by atoms with Crippen molar-refractivity contribution < 1.29 is 31.8 Å². The second-order valence-electron chi connectivity index (χ2n) is 3.03. The molecule has 0 spiro atoms. The van der Waals surface area contributed by atoms with Gasteiger partial charge in [0.15, 0.2) is 5.75 Å².